The first-order valence-electron chi connectivity index (χ1n) is 8.78. The van der Waals surface area contributed by atoms with Crippen LogP contribution in [0.4, 0.5) is 17.6 Å². The SMILES string of the molecule is Cl.NCc1cc(OCc2cccc(C(=O)N3C[C@H](O)[C@@H](F)C3)c2)nc(C(F)(F)F)c1. The predicted molar refractivity (Wildman–Crippen MR) is 102 cm³/mol. The van der Waals surface area contributed by atoms with Gasteiger partial charge in [-0.05, 0) is 29.3 Å². The van der Waals surface area contributed by atoms with Crippen LogP contribution >= 0.6 is 12.4 Å². The lowest BCUT2D eigenvalue weighted by Crippen LogP contribution is -2.29. The molecule has 0 radical (unpaired) electrons. The Morgan fingerprint density at radius 1 is 1.23 bits per heavy atom. The molecular formula is C19H20ClF4N3O3. The van der Waals surface area contributed by atoms with Crippen LogP contribution in [0.5, 0.6) is 5.88 Å². The van der Waals surface area contributed by atoms with Crippen LogP contribution < -0.4 is 10.5 Å². The van der Waals surface area contributed by atoms with E-state index in [-0.39, 0.29) is 55.7 Å². The molecule has 0 aliphatic carbocycles. The van der Waals surface area contributed by atoms with Crippen molar-refractivity contribution >= 4 is 18.3 Å². The maximum Gasteiger partial charge on any atom is 0.433 e. The molecule has 1 saturated heterocycles. The predicted octanol–water partition coefficient (Wildman–Crippen LogP) is 2.71. The van der Waals surface area contributed by atoms with E-state index in [9.17, 15) is 27.5 Å². The highest BCUT2D eigenvalue weighted by molar-refractivity contribution is 5.94. The highest BCUT2D eigenvalue weighted by Gasteiger charge is 2.35. The first-order chi connectivity index (χ1) is 13.7. The molecule has 1 aliphatic heterocycles. The zero-order valence-electron chi connectivity index (χ0n) is 15.6. The molecule has 0 bridgehead atoms. The van der Waals surface area contributed by atoms with Gasteiger partial charge in [-0.3, -0.25) is 4.79 Å². The monoisotopic (exact) mass is 449 g/mol. The summed E-state index contributed by atoms with van der Waals surface area (Å²) in [5, 5.41) is 9.47. The van der Waals surface area contributed by atoms with Crippen molar-refractivity contribution in [3.8, 4) is 5.88 Å². The van der Waals surface area contributed by atoms with Gasteiger partial charge in [0.15, 0.2) is 0 Å². The molecule has 3 N–H and O–H groups in total. The number of ether oxygens (including phenoxy) is 1. The number of benzene rings is 1. The summed E-state index contributed by atoms with van der Waals surface area (Å²) in [5.41, 5.74) is 5.32. The largest absolute Gasteiger partial charge is 0.473 e. The topological polar surface area (TPSA) is 88.7 Å². The number of likely N-dealkylation sites (tertiary alicyclic amines) is 1. The van der Waals surface area contributed by atoms with Gasteiger partial charge in [0.1, 0.15) is 24.6 Å². The maximum atomic E-state index is 13.4. The quantitative estimate of drug-likeness (QED) is 0.685. The van der Waals surface area contributed by atoms with E-state index in [2.05, 4.69) is 4.98 Å². The van der Waals surface area contributed by atoms with Crippen molar-refractivity contribution in [3.05, 3.63) is 58.8 Å². The van der Waals surface area contributed by atoms with Crippen molar-refractivity contribution in [2.75, 3.05) is 13.1 Å². The second-order valence-electron chi connectivity index (χ2n) is 6.68. The van der Waals surface area contributed by atoms with Crippen molar-refractivity contribution in [1.82, 2.24) is 9.88 Å². The van der Waals surface area contributed by atoms with Gasteiger partial charge in [-0.25, -0.2) is 9.37 Å². The molecule has 0 spiro atoms. The van der Waals surface area contributed by atoms with E-state index in [0.29, 0.717) is 5.56 Å². The Hall–Kier alpha value is -2.43. The fourth-order valence-corrected chi connectivity index (χ4v) is 2.94. The number of aromatic nitrogens is 1. The Morgan fingerprint density at radius 3 is 2.57 bits per heavy atom. The van der Waals surface area contributed by atoms with Gasteiger partial charge >= 0.3 is 6.18 Å². The number of alkyl halides is 4. The summed E-state index contributed by atoms with van der Waals surface area (Å²) in [4.78, 5) is 17.1. The highest BCUT2D eigenvalue weighted by atomic mass is 35.5. The lowest BCUT2D eigenvalue weighted by molar-refractivity contribution is -0.141. The van der Waals surface area contributed by atoms with E-state index < -0.39 is 30.1 Å². The summed E-state index contributed by atoms with van der Waals surface area (Å²) in [6, 6.07) is 8.41. The molecule has 0 saturated carbocycles. The molecule has 2 atom stereocenters. The van der Waals surface area contributed by atoms with Gasteiger partial charge in [0.25, 0.3) is 5.91 Å². The van der Waals surface area contributed by atoms with Gasteiger partial charge in [0, 0.05) is 24.7 Å². The van der Waals surface area contributed by atoms with E-state index in [4.69, 9.17) is 10.5 Å². The van der Waals surface area contributed by atoms with Gasteiger partial charge in [-0.15, -0.1) is 12.4 Å². The Labute approximate surface area is 176 Å². The van der Waals surface area contributed by atoms with Crippen LogP contribution in [0.15, 0.2) is 36.4 Å². The standard InChI is InChI=1S/C19H19F4N3O3.ClH/c20-14-8-26(9-15(14)27)18(28)13-3-1-2-11(4-13)10-29-17-6-12(7-24)5-16(25-17)19(21,22)23;/h1-6,14-15,27H,7-10,24H2;1H/t14-,15-;/m0./s1. The van der Waals surface area contributed by atoms with Crippen LogP contribution in [0.25, 0.3) is 0 Å². The summed E-state index contributed by atoms with van der Waals surface area (Å²) in [7, 11) is 0. The zero-order chi connectivity index (χ0) is 21.2. The van der Waals surface area contributed by atoms with Crippen LogP contribution in [0.3, 0.4) is 0 Å². The fraction of sp³-hybridized carbons (Fsp3) is 0.368. The van der Waals surface area contributed by atoms with Crippen molar-refractivity contribution in [1.29, 1.82) is 0 Å². The van der Waals surface area contributed by atoms with Crippen LogP contribution in [-0.4, -0.2) is 46.3 Å². The summed E-state index contributed by atoms with van der Waals surface area (Å²) in [6.45, 7) is -0.537. The Bertz CT molecular complexity index is 888. The number of hydrogen-bond acceptors (Lipinski definition) is 5. The Balaban J connectivity index is 0.00000320. The number of carbonyl (C=O) groups is 1. The van der Waals surface area contributed by atoms with Gasteiger partial charge in [0.2, 0.25) is 5.88 Å². The van der Waals surface area contributed by atoms with E-state index in [1.165, 1.54) is 23.1 Å². The molecule has 2 heterocycles. The number of carbonyl (C=O) groups excluding carboxylic acids is 1. The molecule has 1 amide bonds. The molecule has 1 aromatic carbocycles. The minimum atomic E-state index is -4.63. The highest BCUT2D eigenvalue weighted by Crippen LogP contribution is 2.30. The van der Waals surface area contributed by atoms with Crippen LogP contribution in [-0.2, 0) is 19.3 Å². The maximum absolute atomic E-state index is 13.4. The summed E-state index contributed by atoms with van der Waals surface area (Å²) in [6.07, 6.45) is -7.34. The minimum Gasteiger partial charge on any atom is -0.473 e. The molecular weight excluding hydrogens is 430 g/mol. The van der Waals surface area contributed by atoms with E-state index in [0.717, 1.165) is 6.07 Å². The molecule has 30 heavy (non-hydrogen) atoms. The summed E-state index contributed by atoms with van der Waals surface area (Å²) >= 11 is 0. The van der Waals surface area contributed by atoms with E-state index >= 15 is 0 Å². The van der Waals surface area contributed by atoms with Gasteiger partial charge < -0.3 is 20.5 Å². The Kier molecular flexibility index (Phi) is 7.62. The normalized spacial score (nSPS) is 18.8. The third kappa shape index (κ3) is 5.59. The van der Waals surface area contributed by atoms with Gasteiger partial charge in [-0.2, -0.15) is 13.2 Å². The number of aliphatic hydroxyl groups is 1. The number of rotatable bonds is 5. The second-order valence-corrected chi connectivity index (χ2v) is 6.68. The molecule has 1 aromatic heterocycles. The lowest BCUT2D eigenvalue weighted by atomic mass is 10.1. The average molecular weight is 450 g/mol. The zero-order valence-corrected chi connectivity index (χ0v) is 16.4. The van der Waals surface area contributed by atoms with Crippen molar-refractivity contribution in [2.45, 2.75) is 31.6 Å². The summed E-state index contributed by atoms with van der Waals surface area (Å²) < 4.78 is 57.7. The van der Waals surface area contributed by atoms with Crippen molar-refractivity contribution < 1.29 is 32.2 Å². The molecule has 11 heteroatoms. The fourth-order valence-electron chi connectivity index (χ4n) is 2.94. The molecule has 0 unspecified atom stereocenters. The first-order valence-corrected chi connectivity index (χ1v) is 8.78. The first kappa shape index (κ1) is 23.8. The average Bonchev–Trinajstić information content (AvgIpc) is 3.03. The van der Waals surface area contributed by atoms with E-state index in [1.807, 2.05) is 0 Å². The second kappa shape index (κ2) is 9.59. The molecule has 2 aromatic rings. The van der Waals surface area contributed by atoms with Crippen molar-refractivity contribution in [3.63, 3.8) is 0 Å². The third-order valence-electron chi connectivity index (χ3n) is 4.46. The van der Waals surface area contributed by atoms with Crippen LogP contribution in [0, 0.1) is 0 Å². The van der Waals surface area contributed by atoms with Crippen LogP contribution in [0.1, 0.15) is 27.2 Å². The van der Waals surface area contributed by atoms with Gasteiger partial charge in [0.05, 0.1) is 6.54 Å². The molecule has 164 valence electrons. The Morgan fingerprint density at radius 2 is 1.97 bits per heavy atom. The number of halogens is 5. The minimum absolute atomic E-state index is 0. The van der Waals surface area contributed by atoms with Crippen LogP contribution in [0.2, 0.25) is 0 Å². The number of nitrogens with two attached hydrogens (primary N) is 1. The molecule has 1 aliphatic rings. The van der Waals surface area contributed by atoms with Gasteiger partial charge in [-0.1, -0.05) is 12.1 Å². The number of pyridine rings is 1. The van der Waals surface area contributed by atoms with Crippen molar-refractivity contribution in [2.24, 2.45) is 5.73 Å². The van der Waals surface area contributed by atoms with E-state index in [1.54, 1.807) is 12.1 Å². The number of amides is 1. The number of hydrogen-bond donors (Lipinski definition) is 2. The molecule has 1 fully saturated rings. The summed E-state index contributed by atoms with van der Waals surface area (Å²) in [5.74, 6) is -0.686. The number of aliphatic hydroxyl groups excluding tert-OH is 1. The lowest BCUT2D eigenvalue weighted by Gasteiger charge is -2.16. The third-order valence-corrected chi connectivity index (χ3v) is 4.46. The number of nitrogens with zero attached hydrogens (tertiary/aromatic N) is 2. The smallest absolute Gasteiger partial charge is 0.433 e. The number of β-amino-alcohol motifs (C(OH)–C–C–N with tert-alkyl or cyclic N) is 1. The molecule has 3 rings (SSSR count). The molecule has 6 nitrogen and oxygen atoms in total.